The number of hydrogen-bond donors (Lipinski definition) is 0. The zero-order chi connectivity index (χ0) is 15.8. The monoisotopic (exact) mass is 289 g/mol. The summed E-state index contributed by atoms with van der Waals surface area (Å²) in [6.07, 6.45) is -0.591. The standard InChI is InChI=1S/C16H19NO4/c1-10-11-8-6-7-9-12(11)17(13(10)14(18)20-5)15(19)21-16(2,3)4/h6-9H,1-5H3. The van der Waals surface area contributed by atoms with Crippen molar-refractivity contribution in [2.24, 2.45) is 0 Å². The molecule has 0 bridgehead atoms. The number of rotatable bonds is 1. The summed E-state index contributed by atoms with van der Waals surface area (Å²) in [7, 11) is 1.29. The Balaban J connectivity index is 2.70. The first-order valence-electron chi connectivity index (χ1n) is 6.68. The number of ether oxygens (including phenoxy) is 2. The Morgan fingerprint density at radius 2 is 1.76 bits per heavy atom. The van der Waals surface area contributed by atoms with Gasteiger partial charge in [-0.25, -0.2) is 14.2 Å². The highest BCUT2D eigenvalue weighted by Gasteiger charge is 2.27. The fourth-order valence-electron chi connectivity index (χ4n) is 2.24. The summed E-state index contributed by atoms with van der Waals surface area (Å²) >= 11 is 0. The van der Waals surface area contributed by atoms with Crippen LogP contribution < -0.4 is 0 Å². The molecule has 0 amide bonds. The van der Waals surface area contributed by atoms with Crippen LogP contribution in [-0.4, -0.2) is 29.3 Å². The van der Waals surface area contributed by atoms with Gasteiger partial charge in [0.25, 0.3) is 0 Å². The summed E-state index contributed by atoms with van der Waals surface area (Å²) in [6, 6.07) is 7.30. The predicted octanol–water partition coefficient (Wildman–Crippen LogP) is 3.52. The van der Waals surface area contributed by atoms with Gasteiger partial charge in [-0.2, -0.15) is 0 Å². The molecule has 2 rings (SSSR count). The molecule has 5 nitrogen and oxygen atoms in total. The van der Waals surface area contributed by atoms with Crippen molar-refractivity contribution >= 4 is 23.0 Å². The number of benzene rings is 1. The molecule has 1 aromatic heterocycles. The van der Waals surface area contributed by atoms with Gasteiger partial charge in [0.05, 0.1) is 12.6 Å². The molecule has 0 atom stereocenters. The molecule has 0 aliphatic heterocycles. The van der Waals surface area contributed by atoms with Crippen molar-refractivity contribution in [1.82, 2.24) is 4.57 Å². The molecule has 0 aliphatic rings. The lowest BCUT2D eigenvalue weighted by Crippen LogP contribution is -2.29. The van der Waals surface area contributed by atoms with Gasteiger partial charge in [0, 0.05) is 5.39 Å². The van der Waals surface area contributed by atoms with Gasteiger partial charge in [-0.3, -0.25) is 0 Å². The van der Waals surface area contributed by atoms with Crippen molar-refractivity contribution in [2.75, 3.05) is 7.11 Å². The number of para-hydroxylation sites is 1. The number of carbonyl (C=O) groups is 2. The largest absolute Gasteiger partial charge is 0.464 e. The topological polar surface area (TPSA) is 57.5 Å². The van der Waals surface area contributed by atoms with Gasteiger partial charge in [0.15, 0.2) is 0 Å². The maximum atomic E-state index is 12.5. The van der Waals surface area contributed by atoms with E-state index in [1.165, 1.54) is 11.7 Å². The lowest BCUT2D eigenvalue weighted by molar-refractivity contribution is 0.0489. The number of fused-ring (bicyclic) bond motifs is 1. The molecule has 21 heavy (non-hydrogen) atoms. The third-order valence-electron chi connectivity index (χ3n) is 3.08. The second-order valence-corrected chi connectivity index (χ2v) is 5.80. The van der Waals surface area contributed by atoms with Crippen LogP contribution in [0.4, 0.5) is 4.79 Å². The molecule has 0 unspecified atom stereocenters. The normalized spacial score (nSPS) is 11.5. The van der Waals surface area contributed by atoms with Crippen LogP contribution in [0, 0.1) is 6.92 Å². The summed E-state index contributed by atoms with van der Waals surface area (Å²) < 4.78 is 11.5. The first kappa shape index (κ1) is 15.1. The fraction of sp³-hybridized carbons (Fsp3) is 0.375. The van der Waals surface area contributed by atoms with E-state index in [1.807, 2.05) is 18.2 Å². The van der Waals surface area contributed by atoms with E-state index in [-0.39, 0.29) is 5.69 Å². The Morgan fingerprint density at radius 1 is 1.14 bits per heavy atom. The smallest absolute Gasteiger partial charge is 0.419 e. The van der Waals surface area contributed by atoms with Crippen LogP contribution in [0.25, 0.3) is 10.9 Å². The van der Waals surface area contributed by atoms with Crippen molar-refractivity contribution < 1.29 is 19.1 Å². The van der Waals surface area contributed by atoms with Crippen LogP contribution in [0.1, 0.15) is 36.8 Å². The second-order valence-electron chi connectivity index (χ2n) is 5.80. The van der Waals surface area contributed by atoms with Crippen molar-refractivity contribution in [3.05, 3.63) is 35.5 Å². The third-order valence-corrected chi connectivity index (χ3v) is 3.08. The van der Waals surface area contributed by atoms with Gasteiger partial charge >= 0.3 is 12.1 Å². The minimum atomic E-state index is -0.649. The Bertz CT molecular complexity index is 707. The molecule has 112 valence electrons. The van der Waals surface area contributed by atoms with E-state index in [4.69, 9.17) is 9.47 Å². The first-order chi connectivity index (χ1) is 9.76. The summed E-state index contributed by atoms with van der Waals surface area (Å²) in [5, 5.41) is 0.823. The minimum absolute atomic E-state index is 0.202. The molecule has 0 radical (unpaired) electrons. The Morgan fingerprint density at radius 3 is 2.33 bits per heavy atom. The molecule has 1 aromatic carbocycles. The maximum absolute atomic E-state index is 12.5. The third kappa shape index (κ3) is 2.77. The molecular weight excluding hydrogens is 270 g/mol. The van der Waals surface area contributed by atoms with E-state index in [1.54, 1.807) is 33.8 Å². The van der Waals surface area contributed by atoms with Crippen LogP contribution >= 0.6 is 0 Å². The molecule has 0 saturated heterocycles. The van der Waals surface area contributed by atoms with Gasteiger partial charge in [-0.05, 0) is 39.3 Å². The van der Waals surface area contributed by atoms with Gasteiger partial charge in [0.2, 0.25) is 0 Å². The number of aromatic nitrogens is 1. The number of methoxy groups -OCH3 is 1. The molecular formula is C16H19NO4. The van der Waals surface area contributed by atoms with Crippen LogP contribution in [-0.2, 0) is 9.47 Å². The zero-order valence-electron chi connectivity index (χ0n) is 12.9. The van der Waals surface area contributed by atoms with E-state index < -0.39 is 17.7 Å². The number of hydrogen-bond acceptors (Lipinski definition) is 4. The number of esters is 1. The summed E-state index contributed by atoms with van der Waals surface area (Å²) in [5.41, 5.74) is 0.880. The summed E-state index contributed by atoms with van der Waals surface area (Å²) in [4.78, 5) is 24.5. The van der Waals surface area contributed by atoms with Gasteiger partial charge < -0.3 is 9.47 Å². The van der Waals surface area contributed by atoms with Crippen LogP contribution in [0.3, 0.4) is 0 Å². The minimum Gasteiger partial charge on any atom is -0.464 e. The lowest BCUT2D eigenvalue weighted by atomic mass is 10.1. The highest BCUT2D eigenvalue weighted by Crippen LogP contribution is 2.27. The summed E-state index contributed by atoms with van der Waals surface area (Å²) in [5.74, 6) is -0.561. The molecule has 0 saturated carbocycles. The van der Waals surface area contributed by atoms with Crippen LogP contribution in [0.15, 0.2) is 24.3 Å². The lowest BCUT2D eigenvalue weighted by Gasteiger charge is -2.20. The van der Waals surface area contributed by atoms with Crippen LogP contribution in [0.5, 0.6) is 0 Å². The molecule has 0 fully saturated rings. The van der Waals surface area contributed by atoms with E-state index >= 15 is 0 Å². The van der Waals surface area contributed by atoms with E-state index in [2.05, 4.69) is 0 Å². The maximum Gasteiger partial charge on any atom is 0.419 e. The van der Waals surface area contributed by atoms with Gasteiger partial charge in [-0.1, -0.05) is 18.2 Å². The molecule has 2 aromatic rings. The Labute approximate surface area is 123 Å². The molecule has 0 aliphatic carbocycles. The van der Waals surface area contributed by atoms with Crippen molar-refractivity contribution in [3.8, 4) is 0 Å². The van der Waals surface area contributed by atoms with Crippen molar-refractivity contribution in [1.29, 1.82) is 0 Å². The van der Waals surface area contributed by atoms with Gasteiger partial charge in [-0.15, -0.1) is 0 Å². The first-order valence-corrected chi connectivity index (χ1v) is 6.68. The van der Waals surface area contributed by atoms with E-state index in [0.29, 0.717) is 11.1 Å². The molecule has 0 spiro atoms. The Hall–Kier alpha value is -2.30. The van der Waals surface area contributed by atoms with Crippen molar-refractivity contribution in [3.63, 3.8) is 0 Å². The summed E-state index contributed by atoms with van der Waals surface area (Å²) in [6.45, 7) is 7.12. The average molecular weight is 289 g/mol. The zero-order valence-corrected chi connectivity index (χ0v) is 12.9. The van der Waals surface area contributed by atoms with E-state index in [9.17, 15) is 9.59 Å². The molecule has 1 heterocycles. The number of nitrogens with zero attached hydrogens (tertiary/aromatic N) is 1. The average Bonchev–Trinajstić information content (AvgIpc) is 2.70. The quantitative estimate of drug-likeness (QED) is 0.754. The Kier molecular flexibility index (Phi) is 3.77. The molecule has 0 N–H and O–H groups in total. The van der Waals surface area contributed by atoms with E-state index in [0.717, 1.165) is 5.39 Å². The molecule has 5 heteroatoms. The second kappa shape index (κ2) is 5.24. The fourth-order valence-corrected chi connectivity index (χ4v) is 2.24. The van der Waals surface area contributed by atoms with Crippen LogP contribution in [0.2, 0.25) is 0 Å². The van der Waals surface area contributed by atoms with Crippen molar-refractivity contribution in [2.45, 2.75) is 33.3 Å². The SMILES string of the molecule is COC(=O)c1c(C)c2ccccc2n1C(=O)OC(C)(C)C. The number of carbonyl (C=O) groups excluding carboxylic acids is 2. The van der Waals surface area contributed by atoms with Gasteiger partial charge in [0.1, 0.15) is 11.3 Å². The highest BCUT2D eigenvalue weighted by molar-refractivity contribution is 6.04. The highest BCUT2D eigenvalue weighted by atomic mass is 16.6. The predicted molar refractivity (Wildman–Crippen MR) is 79.6 cm³/mol. The number of aryl methyl sites for hydroxylation is 1.